The van der Waals surface area contributed by atoms with Crippen LogP contribution in [0.5, 0.6) is 11.5 Å². The van der Waals surface area contributed by atoms with Crippen LogP contribution in [0.25, 0.3) is 0 Å². The quantitative estimate of drug-likeness (QED) is 0.835. The SMILES string of the molecule is COc1cc(C)c(C2(CS)COC2)c(OC)c1. The minimum atomic E-state index is -0.00912. The molecule has 0 radical (unpaired) electrons. The van der Waals surface area contributed by atoms with Crippen molar-refractivity contribution in [2.75, 3.05) is 33.2 Å². The van der Waals surface area contributed by atoms with Crippen LogP contribution < -0.4 is 9.47 Å². The molecular weight excluding hydrogens is 236 g/mol. The molecule has 1 fully saturated rings. The smallest absolute Gasteiger partial charge is 0.126 e. The van der Waals surface area contributed by atoms with Crippen molar-refractivity contribution in [3.63, 3.8) is 0 Å². The predicted octanol–water partition coefficient (Wildman–Crippen LogP) is 2.21. The third kappa shape index (κ3) is 2.00. The fraction of sp³-hybridized carbons (Fsp3) is 0.538. The first kappa shape index (κ1) is 12.6. The zero-order valence-corrected chi connectivity index (χ0v) is 11.3. The van der Waals surface area contributed by atoms with E-state index in [1.165, 1.54) is 11.1 Å². The minimum Gasteiger partial charge on any atom is -0.497 e. The summed E-state index contributed by atoms with van der Waals surface area (Å²) in [6.07, 6.45) is 0. The summed E-state index contributed by atoms with van der Waals surface area (Å²) in [6.45, 7) is 3.49. The Labute approximate surface area is 107 Å². The molecule has 0 aliphatic carbocycles. The lowest BCUT2D eigenvalue weighted by Crippen LogP contribution is -2.49. The van der Waals surface area contributed by atoms with Gasteiger partial charge in [0.2, 0.25) is 0 Å². The van der Waals surface area contributed by atoms with Crippen LogP contribution in [-0.4, -0.2) is 33.2 Å². The van der Waals surface area contributed by atoms with E-state index in [1.807, 2.05) is 12.1 Å². The predicted molar refractivity (Wildman–Crippen MR) is 70.6 cm³/mol. The van der Waals surface area contributed by atoms with Crippen LogP contribution in [0.2, 0.25) is 0 Å². The van der Waals surface area contributed by atoms with Crippen molar-refractivity contribution in [2.45, 2.75) is 12.3 Å². The summed E-state index contributed by atoms with van der Waals surface area (Å²) in [5.74, 6) is 2.44. The molecule has 0 aromatic heterocycles. The molecule has 4 heteroatoms. The Morgan fingerprint density at radius 2 is 2.00 bits per heavy atom. The fourth-order valence-electron chi connectivity index (χ4n) is 2.34. The van der Waals surface area contributed by atoms with Gasteiger partial charge in [0.1, 0.15) is 11.5 Å². The maximum Gasteiger partial charge on any atom is 0.126 e. The van der Waals surface area contributed by atoms with Gasteiger partial charge in [-0.05, 0) is 18.6 Å². The highest BCUT2D eigenvalue weighted by Gasteiger charge is 2.42. The molecule has 1 aromatic carbocycles. The van der Waals surface area contributed by atoms with Gasteiger partial charge in [-0.1, -0.05) is 0 Å². The van der Waals surface area contributed by atoms with Gasteiger partial charge in [0.05, 0.1) is 32.8 Å². The molecule has 0 spiro atoms. The van der Waals surface area contributed by atoms with Crippen molar-refractivity contribution < 1.29 is 14.2 Å². The lowest BCUT2D eigenvalue weighted by Gasteiger charge is -2.42. The van der Waals surface area contributed by atoms with E-state index >= 15 is 0 Å². The lowest BCUT2D eigenvalue weighted by molar-refractivity contribution is -0.0483. The van der Waals surface area contributed by atoms with E-state index in [9.17, 15) is 0 Å². The second kappa shape index (κ2) is 4.78. The standard InChI is InChI=1S/C13H18O3S/c1-9-4-10(14-2)5-11(15-3)12(9)13(8-17)6-16-7-13/h4-5,17H,6-8H2,1-3H3. The highest BCUT2D eigenvalue weighted by Crippen LogP contribution is 2.42. The Kier molecular flexibility index (Phi) is 3.54. The molecule has 0 amide bonds. The van der Waals surface area contributed by atoms with Gasteiger partial charge < -0.3 is 14.2 Å². The molecule has 1 aliphatic heterocycles. The van der Waals surface area contributed by atoms with Gasteiger partial charge in [0, 0.05) is 17.4 Å². The van der Waals surface area contributed by atoms with Crippen LogP contribution in [0, 0.1) is 6.92 Å². The molecule has 94 valence electrons. The molecular formula is C13H18O3S. The van der Waals surface area contributed by atoms with Crippen molar-refractivity contribution >= 4 is 12.6 Å². The maximum absolute atomic E-state index is 5.48. The van der Waals surface area contributed by atoms with Crippen molar-refractivity contribution in [2.24, 2.45) is 0 Å². The normalized spacial score (nSPS) is 17.4. The van der Waals surface area contributed by atoms with Gasteiger partial charge in [-0.2, -0.15) is 12.6 Å². The van der Waals surface area contributed by atoms with E-state index in [-0.39, 0.29) is 5.41 Å². The van der Waals surface area contributed by atoms with Crippen LogP contribution in [0.15, 0.2) is 12.1 Å². The molecule has 0 unspecified atom stereocenters. The Bertz CT molecular complexity index is 408. The number of rotatable bonds is 4. The van der Waals surface area contributed by atoms with E-state index in [2.05, 4.69) is 19.6 Å². The van der Waals surface area contributed by atoms with Gasteiger partial charge >= 0.3 is 0 Å². The first-order chi connectivity index (χ1) is 8.16. The molecule has 17 heavy (non-hydrogen) atoms. The Balaban J connectivity index is 2.52. The summed E-state index contributed by atoms with van der Waals surface area (Å²) in [6, 6.07) is 3.95. The summed E-state index contributed by atoms with van der Waals surface area (Å²) in [5, 5.41) is 0. The maximum atomic E-state index is 5.48. The minimum absolute atomic E-state index is 0.00912. The van der Waals surface area contributed by atoms with E-state index < -0.39 is 0 Å². The highest BCUT2D eigenvalue weighted by atomic mass is 32.1. The third-order valence-electron chi connectivity index (χ3n) is 3.32. The summed E-state index contributed by atoms with van der Waals surface area (Å²) < 4.78 is 16.1. The monoisotopic (exact) mass is 254 g/mol. The largest absolute Gasteiger partial charge is 0.497 e. The van der Waals surface area contributed by atoms with Crippen LogP contribution >= 0.6 is 12.6 Å². The molecule has 1 saturated heterocycles. The number of ether oxygens (including phenoxy) is 3. The number of benzene rings is 1. The van der Waals surface area contributed by atoms with E-state index in [4.69, 9.17) is 14.2 Å². The molecule has 3 nitrogen and oxygen atoms in total. The molecule has 2 rings (SSSR count). The lowest BCUT2D eigenvalue weighted by atomic mass is 9.77. The highest BCUT2D eigenvalue weighted by molar-refractivity contribution is 7.80. The van der Waals surface area contributed by atoms with Crippen molar-refractivity contribution in [1.82, 2.24) is 0 Å². The molecule has 0 saturated carbocycles. The topological polar surface area (TPSA) is 27.7 Å². The Morgan fingerprint density at radius 1 is 1.29 bits per heavy atom. The van der Waals surface area contributed by atoms with Gasteiger partial charge in [-0.3, -0.25) is 0 Å². The number of thiol groups is 1. The first-order valence-corrected chi connectivity index (χ1v) is 6.22. The molecule has 0 atom stereocenters. The van der Waals surface area contributed by atoms with Crippen LogP contribution in [0.3, 0.4) is 0 Å². The Hall–Kier alpha value is -0.870. The Morgan fingerprint density at radius 3 is 2.41 bits per heavy atom. The summed E-state index contributed by atoms with van der Waals surface area (Å²) >= 11 is 4.46. The van der Waals surface area contributed by atoms with E-state index in [0.717, 1.165) is 17.3 Å². The fourth-order valence-corrected chi connectivity index (χ4v) is 2.69. The van der Waals surface area contributed by atoms with Crippen LogP contribution in [-0.2, 0) is 10.2 Å². The van der Waals surface area contributed by atoms with Gasteiger partial charge in [0.25, 0.3) is 0 Å². The van der Waals surface area contributed by atoms with Crippen LogP contribution in [0.1, 0.15) is 11.1 Å². The zero-order valence-electron chi connectivity index (χ0n) is 10.4. The van der Waals surface area contributed by atoms with E-state index in [0.29, 0.717) is 13.2 Å². The summed E-state index contributed by atoms with van der Waals surface area (Å²) in [4.78, 5) is 0. The molecule has 1 aliphatic rings. The molecule has 0 bridgehead atoms. The number of hydrogen-bond donors (Lipinski definition) is 1. The zero-order chi connectivity index (χ0) is 12.5. The first-order valence-electron chi connectivity index (χ1n) is 5.58. The second-order valence-electron chi connectivity index (χ2n) is 4.45. The molecule has 0 N–H and O–H groups in total. The van der Waals surface area contributed by atoms with Crippen molar-refractivity contribution in [1.29, 1.82) is 0 Å². The van der Waals surface area contributed by atoms with Crippen LogP contribution in [0.4, 0.5) is 0 Å². The molecule has 1 aromatic rings. The van der Waals surface area contributed by atoms with E-state index in [1.54, 1.807) is 14.2 Å². The number of methoxy groups -OCH3 is 2. The molecule has 1 heterocycles. The second-order valence-corrected chi connectivity index (χ2v) is 4.77. The number of hydrogen-bond acceptors (Lipinski definition) is 4. The van der Waals surface area contributed by atoms with Crippen molar-refractivity contribution in [3.05, 3.63) is 23.3 Å². The van der Waals surface area contributed by atoms with Gasteiger partial charge in [-0.25, -0.2) is 0 Å². The summed E-state index contributed by atoms with van der Waals surface area (Å²) in [5.41, 5.74) is 2.35. The average molecular weight is 254 g/mol. The van der Waals surface area contributed by atoms with Gasteiger partial charge in [0.15, 0.2) is 0 Å². The van der Waals surface area contributed by atoms with Gasteiger partial charge in [-0.15, -0.1) is 0 Å². The average Bonchev–Trinajstić information content (AvgIpc) is 2.29. The summed E-state index contributed by atoms with van der Waals surface area (Å²) in [7, 11) is 3.35. The third-order valence-corrected chi connectivity index (χ3v) is 3.92. The van der Waals surface area contributed by atoms with Crippen molar-refractivity contribution in [3.8, 4) is 11.5 Å². The number of aryl methyl sites for hydroxylation is 1.